The van der Waals surface area contributed by atoms with Crippen molar-refractivity contribution in [2.24, 2.45) is 0 Å². The molecule has 0 bridgehead atoms. The maximum absolute atomic E-state index is 10.0. The first-order valence-electron chi connectivity index (χ1n) is 22.5. The second kappa shape index (κ2) is 34.9. The van der Waals surface area contributed by atoms with Gasteiger partial charge in [-0.25, -0.2) is 0 Å². The third-order valence-electron chi connectivity index (χ3n) is 11.7. The van der Waals surface area contributed by atoms with E-state index in [-0.39, 0.29) is 12.8 Å². The second-order valence-electron chi connectivity index (χ2n) is 16.5. The summed E-state index contributed by atoms with van der Waals surface area (Å²) in [6.07, 6.45) is 46.6. The zero-order valence-electron chi connectivity index (χ0n) is 33.6. The van der Waals surface area contributed by atoms with E-state index in [4.69, 9.17) is 0 Å². The number of carbonyl (C=O) groups is 2. The second-order valence-corrected chi connectivity index (χ2v) is 16.5. The Morgan fingerprint density at radius 2 is 0.600 bits per heavy atom. The Kier molecular flexibility index (Phi) is 32.7. The third-order valence-corrected chi connectivity index (χ3v) is 11.7. The van der Waals surface area contributed by atoms with Crippen LogP contribution >= 0.6 is 0 Å². The lowest BCUT2D eigenvalue weighted by Gasteiger charge is -2.27. The number of nitrogens with two attached hydrogens (primary N) is 2. The Bertz CT molecular complexity index is 644. The molecule has 0 heterocycles. The van der Waals surface area contributed by atoms with Crippen LogP contribution in [0, 0.1) is 0 Å². The maximum atomic E-state index is 10.0. The van der Waals surface area contributed by atoms with E-state index in [0.29, 0.717) is 0 Å². The van der Waals surface area contributed by atoms with Gasteiger partial charge in [0.05, 0.1) is 24.2 Å². The molecule has 4 N–H and O–H groups in total. The van der Waals surface area contributed by atoms with Crippen LogP contribution in [-0.2, 0) is 9.59 Å². The van der Waals surface area contributed by atoms with E-state index in [1.165, 1.54) is 193 Å². The lowest BCUT2D eigenvalue weighted by molar-refractivity contribution is -0.726. The van der Waals surface area contributed by atoms with Crippen LogP contribution in [0.1, 0.15) is 245 Å². The van der Waals surface area contributed by atoms with Crippen LogP contribution in [0.25, 0.3) is 0 Å². The van der Waals surface area contributed by atoms with E-state index < -0.39 is 11.9 Å². The largest absolute Gasteiger partial charge is 0.550 e. The van der Waals surface area contributed by atoms with Gasteiger partial charge < -0.3 is 30.4 Å². The number of carboxylic acid groups (broad SMARTS) is 2. The van der Waals surface area contributed by atoms with Gasteiger partial charge in [-0.1, -0.05) is 117 Å². The Morgan fingerprint density at radius 3 is 0.820 bits per heavy atom. The van der Waals surface area contributed by atoms with Gasteiger partial charge in [0.2, 0.25) is 0 Å². The summed E-state index contributed by atoms with van der Waals surface area (Å²) in [5.74, 6) is -1.83. The zero-order valence-corrected chi connectivity index (χ0v) is 33.6. The highest BCUT2D eigenvalue weighted by molar-refractivity contribution is 5.64. The molecule has 0 aliphatic heterocycles. The van der Waals surface area contributed by atoms with E-state index in [2.05, 4.69) is 24.5 Å². The van der Waals surface area contributed by atoms with E-state index in [1.54, 1.807) is 0 Å². The van der Waals surface area contributed by atoms with Crippen molar-refractivity contribution in [3.63, 3.8) is 0 Å². The summed E-state index contributed by atoms with van der Waals surface area (Å²) in [4.78, 5) is 20.0. The predicted molar refractivity (Wildman–Crippen MR) is 207 cm³/mol. The van der Waals surface area contributed by atoms with Crippen molar-refractivity contribution in [3.8, 4) is 0 Å². The topological polar surface area (TPSA) is 113 Å². The molecule has 4 fully saturated rings. The summed E-state index contributed by atoms with van der Waals surface area (Å²) < 4.78 is 0. The average molecular weight is 707 g/mol. The number of aliphatic carboxylic acids is 2. The molecule has 0 unspecified atom stereocenters. The van der Waals surface area contributed by atoms with Gasteiger partial charge in [-0.15, -0.1) is 0 Å². The smallest absolute Gasteiger partial charge is 0.0861 e. The van der Waals surface area contributed by atoms with Crippen molar-refractivity contribution in [1.82, 2.24) is 0 Å². The number of unbranched alkanes of at least 4 members (excludes halogenated alkanes) is 12. The monoisotopic (exact) mass is 707 g/mol. The zero-order chi connectivity index (χ0) is 36.3. The molecule has 296 valence electrons. The van der Waals surface area contributed by atoms with E-state index in [9.17, 15) is 19.8 Å². The molecular formula is C44H86N2O4. The lowest BCUT2D eigenvalue weighted by Crippen LogP contribution is -2.95. The summed E-state index contributed by atoms with van der Waals surface area (Å²) in [6, 6.07) is 3.99. The van der Waals surface area contributed by atoms with Crippen LogP contribution in [0.3, 0.4) is 0 Å². The molecule has 6 heteroatoms. The number of hydrogen-bond donors (Lipinski definition) is 2. The van der Waals surface area contributed by atoms with Crippen molar-refractivity contribution < 1.29 is 30.4 Å². The molecule has 4 rings (SSSR count). The first-order valence-corrected chi connectivity index (χ1v) is 22.5. The van der Waals surface area contributed by atoms with Gasteiger partial charge in [0.15, 0.2) is 0 Å². The first-order chi connectivity index (χ1) is 24.4. The molecule has 0 amide bonds. The average Bonchev–Trinajstić information content (AvgIpc) is 3.13. The fraction of sp³-hybridized carbons (Fsp3) is 0.955. The lowest BCUT2D eigenvalue weighted by atomic mass is 9.91. The highest BCUT2D eigenvalue weighted by Gasteiger charge is 2.24. The summed E-state index contributed by atoms with van der Waals surface area (Å²) in [7, 11) is 0. The van der Waals surface area contributed by atoms with E-state index in [0.717, 1.165) is 49.9 Å². The number of carbonyl (C=O) groups excluding carboxylic acids is 2. The van der Waals surface area contributed by atoms with Gasteiger partial charge in [-0.2, -0.15) is 0 Å². The minimum Gasteiger partial charge on any atom is -0.550 e. The van der Waals surface area contributed by atoms with Gasteiger partial charge in [0, 0.05) is 11.9 Å². The van der Waals surface area contributed by atoms with E-state index >= 15 is 0 Å². The fourth-order valence-corrected chi connectivity index (χ4v) is 8.53. The van der Waals surface area contributed by atoms with Crippen LogP contribution in [0.15, 0.2) is 0 Å². The predicted octanol–water partition coefficient (Wildman–Crippen LogP) is 8.18. The Labute approximate surface area is 310 Å². The highest BCUT2D eigenvalue weighted by atomic mass is 16.4. The molecule has 0 aromatic rings. The molecule has 0 spiro atoms. The summed E-state index contributed by atoms with van der Waals surface area (Å²) >= 11 is 0. The molecule has 0 radical (unpaired) electrons. The van der Waals surface area contributed by atoms with Gasteiger partial charge in [-0.05, 0) is 128 Å². The normalized spacial score (nSPS) is 19.2. The van der Waals surface area contributed by atoms with Crippen LogP contribution in [0.2, 0.25) is 0 Å². The van der Waals surface area contributed by atoms with Crippen molar-refractivity contribution in [2.75, 3.05) is 0 Å². The highest BCUT2D eigenvalue weighted by Crippen LogP contribution is 2.20. The Hall–Kier alpha value is -1.14. The standard InChI is InChI=1S/2C12H23N.2C10H20O2/c2*1-3-7-11(8-4-1)13-12-9-5-2-6-10-12;2*1-2-3-4-5-6-7-8-9-10(11)12/h2*11-13H,1-10H2;2*2-9H2,1H3,(H,11,12). The van der Waals surface area contributed by atoms with Gasteiger partial charge in [0.25, 0.3) is 0 Å². The van der Waals surface area contributed by atoms with Crippen LogP contribution in [0.4, 0.5) is 0 Å². The molecule has 0 aromatic heterocycles. The van der Waals surface area contributed by atoms with Crippen LogP contribution in [0.5, 0.6) is 0 Å². The summed E-state index contributed by atoms with van der Waals surface area (Å²) in [5, 5.41) is 25.5. The van der Waals surface area contributed by atoms with Crippen LogP contribution in [-0.4, -0.2) is 36.1 Å². The molecule has 6 nitrogen and oxygen atoms in total. The van der Waals surface area contributed by atoms with Crippen molar-refractivity contribution in [3.05, 3.63) is 0 Å². The Morgan fingerprint density at radius 1 is 0.380 bits per heavy atom. The van der Waals surface area contributed by atoms with Crippen LogP contribution < -0.4 is 20.8 Å². The van der Waals surface area contributed by atoms with E-state index in [1.807, 2.05) is 0 Å². The SMILES string of the molecule is C1CCC([NH2+]C2CCCCC2)CC1.C1CCC([NH2+]C2CCCCC2)CC1.CCCCCCCCCC(=O)[O-].CCCCCCCCCC(=O)[O-]. The molecule has 0 atom stereocenters. The number of rotatable bonds is 20. The van der Waals surface area contributed by atoms with Gasteiger partial charge in [-0.3, -0.25) is 0 Å². The quantitative estimate of drug-likeness (QED) is 0.124. The van der Waals surface area contributed by atoms with Gasteiger partial charge >= 0.3 is 0 Å². The number of hydrogen-bond acceptors (Lipinski definition) is 4. The summed E-state index contributed by atoms with van der Waals surface area (Å²) in [5.41, 5.74) is 0. The fourth-order valence-electron chi connectivity index (χ4n) is 8.53. The molecule has 50 heavy (non-hydrogen) atoms. The van der Waals surface area contributed by atoms with Crippen molar-refractivity contribution in [1.29, 1.82) is 0 Å². The minimum absolute atomic E-state index is 0.230. The number of quaternary nitrogens is 2. The third kappa shape index (κ3) is 30.5. The minimum atomic E-state index is -0.913. The summed E-state index contributed by atoms with van der Waals surface area (Å²) in [6.45, 7) is 4.38. The molecule has 4 saturated carbocycles. The molecule has 4 aliphatic carbocycles. The Balaban J connectivity index is 0.000000334. The molecule has 0 saturated heterocycles. The van der Waals surface area contributed by atoms with Gasteiger partial charge in [0.1, 0.15) is 0 Å². The first kappa shape index (κ1) is 46.9. The van der Waals surface area contributed by atoms with Crippen molar-refractivity contribution >= 4 is 11.9 Å². The molecular weight excluding hydrogens is 620 g/mol. The molecule has 4 aliphatic rings. The maximum Gasteiger partial charge on any atom is 0.0861 e. The number of carboxylic acids is 2. The molecule has 0 aromatic carbocycles. The van der Waals surface area contributed by atoms with Crippen molar-refractivity contribution in [2.45, 2.75) is 269 Å².